The van der Waals surface area contributed by atoms with Gasteiger partial charge >= 0.3 is 0 Å². The third kappa shape index (κ3) is 5.04. The van der Waals surface area contributed by atoms with E-state index >= 15 is 0 Å². The van der Waals surface area contributed by atoms with E-state index in [9.17, 15) is 9.59 Å². The molecule has 2 heterocycles. The molecule has 2 rings (SSSR count). The highest BCUT2D eigenvalue weighted by atomic mass is 16.5. The van der Waals surface area contributed by atoms with Gasteiger partial charge in [-0.2, -0.15) is 5.10 Å². The Hall–Kier alpha value is -1.89. The molecule has 1 aromatic heterocycles. The Kier molecular flexibility index (Phi) is 6.99. The fraction of sp³-hybridized carbons (Fsp3) is 0.722. The number of nitrogens with one attached hydrogen (secondary N) is 1. The van der Waals surface area contributed by atoms with Crippen LogP contribution in [0.1, 0.15) is 51.8 Å². The van der Waals surface area contributed by atoms with Gasteiger partial charge in [-0.15, -0.1) is 0 Å². The van der Waals surface area contributed by atoms with Gasteiger partial charge in [-0.3, -0.25) is 9.59 Å². The molecule has 0 aromatic carbocycles. The second-order valence-electron chi connectivity index (χ2n) is 6.65. The molecule has 0 radical (unpaired) electrons. The maximum Gasteiger partial charge on any atom is 0.248 e. The zero-order valence-electron chi connectivity index (χ0n) is 15.7. The first-order valence-corrected chi connectivity index (χ1v) is 9.18. The van der Waals surface area contributed by atoms with Crippen LogP contribution in [-0.4, -0.2) is 52.8 Å². The maximum absolute atomic E-state index is 12.6. The van der Waals surface area contributed by atoms with E-state index in [4.69, 9.17) is 4.74 Å². The summed E-state index contributed by atoms with van der Waals surface area (Å²) in [6, 6.07) is 2.15. The lowest BCUT2D eigenvalue weighted by molar-refractivity contribution is -0.138. The summed E-state index contributed by atoms with van der Waals surface area (Å²) < 4.78 is 7.05. The minimum atomic E-state index is -0.0725. The third-order valence-corrected chi connectivity index (χ3v) is 4.77. The summed E-state index contributed by atoms with van der Waals surface area (Å²) in [6.07, 6.45) is 2.31. The molecule has 0 bridgehead atoms. The predicted octanol–water partition coefficient (Wildman–Crippen LogP) is 2.38. The lowest BCUT2D eigenvalue weighted by Crippen LogP contribution is -2.43. The minimum Gasteiger partial charge on any atom is -0.372 e. The Morgan fingerprint density at radius 2 is 2.04 bits per heavy atom. The Bertz CT molecular complexity index is 591. The van der Waals surface area contributed by atoms with Gasteiger partial charge in [-0.1, -0.05) is 6.92 Å². The zero-order chi connectivity index (χ0) is 18.4. The summed E-state index contributed by atoms with van der Waals surface area (Å²) in [6.45, 7) is 9.86. The standard InChI is InChI=1S/C18H30N4O3/c1-5-14(4)22-16(11-13(3)20-22)19-18(24)15-7-9-21(10-8-15)17(23)12-25-6-2/h11,14-15H,5-10,12H2,1-4H3,(H,19,24). The van der Waals surface area contributed by atoms with Crippen LogP contribution in [0.5, 0.6) is 0 Å². The molecule has 7 heteroatoms. The number of likely N-dealkylation sites (tertiary alicyclic amines) is 1. The maximum atomic E-state index is 12.6. The van der Waals surface area contributed by atoms with Crippen molar-refractivity contribution < 1.29 is 14.3 Å². The molecule has 7 nitrogen and oxygen atoms in total. The van der Waals surface area contributed by atoms with Crippen LogP contribution in [0.15, 0.2) is 6.07 Å². The average molecular weight is 350 g/mol. The molecule has 1 saturated heterocycles. The lowest BCUT2D eigenvalue weighted by atomic mass is 9.96. The van der Waals surface area contributed by atoms with E-state index in [0.29, 0.717) is 32.5 Å². The Balaban J connectivity index is 1.90. The number of anilines is 1. The molecule has 1 unspecified atom stereocenters. The predicted molar refractivity (Wildman–Crippen MR) is 96.4 cm³/mol. The first-order chi connectivity index (χ1) is 12.0. The molecule has 2 amide bonds. The number of carbonyl (C=O) groups is 2. The van der Waals surface area contributed by atoms with Crippen LogP contribution in [0.2, 0.25) is 0 Å². The third-order valence-electron chi connectivity index (χ3n) is 4.77. The molecular weight excluding hydrogens is 320 g/mol. The SMILES string of the molecule is CCOCC(=O)N1CCC(C(=O)Nc2cc(C)nn2C(C)CC)CC1. The van der Waals surface area contributed by atoms with Gasteiger partial charge < -0.3 is 15.0 Å². The van der Waals surface area contributed by atoms with Crippen LogP contribution < -0.4 is 5.32 Å². The van der Waals surface area contributed by atoms with Crippen molar-refractivity contribution in [1.29, 1.82) is 0 Å². The largest absolute Gasteiger partial charge is 0.372 e. The van der Waals surface area contributed by atoms with Crippen molar-refractivity contribution in [3.8, 4) is 0 Å². The Morgan fingerprint density at radius 3 is 2.64 bits per heavy atom. The fourth-order valence-electron chi connectivity index (χ4n) is 3.02. The van der Waals surface area contributed by atoms with Gasteiger partial charge in [0.25, 0.3) is 0 Å². The van der Waals surface area contributed by atoms with E-state index in [1.54, 1.807) is 4.90 Å². The summed E-state index contributed by atoms with van der Waals surface area (Å²) in [4.78, 5) is 26.4. The molecule has 0 saturated carbocycles. The number of aromatic nitrogens is 2. The minimum absolute atomic E-state index is 0.00572. The molecule has 1 aliphatic heterocycles. The van der Waals surface area contributed by atoms with Crippen LogP contribution in [0, 0.1) is 12.8 Å². The quantitative estimate of drug-likeness (QED) is 0.819. The van der Waals surface area contributed by atoms with Crippen molar-refractivity contribution in [3.63, 3.8) is 0 Å². The van der Waals surface area contributed by atoms with Crippen molar-refractivity contribution in [3.05, 3.63) is 11.8 Å². The Morgan fingerprint density at radius 1 is 1.36 bits per heavy atom. The highest BCUT2D eigenvalue weighted by molar-refractivity contribution is 5.92. The second kappa shape index (κ2) is 8.99. The molecule has 0 spiro atoms. The van der Waals surface area contributed by atoms with Crippen molar-refractivity contribution in [1.82, 2.24) is 14.7 Å². The molecule has 0 aliphatic carbocycles. The number of piperidine rings is 1. The summed E-state index contributed by atoms with van der Waals surface area (Å²) in [5.41, 5.74) is 0.895. The molecular formula is C18H30N4O3. The van der Waals surface area contributed by atoms with Gasteiger partial charge in [0.1, 0.15) is 12.4 Å². The van der Waals surface area contributed by atoms with Crippen LogP contribution in [-0.2, 0) is 14.3 Å². The lowest BCUT2D eigenvalue weighted by Gasteiger charge is -2.31. The number of carbonyl (C=O) groups excluding carboxylic acids is 2. The number of nitrogens with zero attached hydrogens (tertiary/aromatic N) is 3. The van der Waals surface area contributed by atoms with Crippen molar-refractivity contribution >= 4 is 17.6 Å². The summed E-state index contributed by atoms with van der Waals surface area (Å²) >= 11 is 0. The van der Waals surface area contributed by atoms with E-state index in [2.05, 4.69) is 24.3 Å². The van der Waals surface area contributed by atoms with Crippen LogP contribution in [0.25, 0.3) is 0 Å². The molecule has 25 heavy (non-hydrogen) atoms. The normalized spacial score (nSPS) is 16.7. The van der Waals surface area contributed by atoms with Crippen LogP contribution in [0.3, 0.4) is 0 Å². The van der Waals surface area contributed by atoms with Crippen LogP contribution in [0.4, 0.5) is 5.82 Å². The highest BCUT2D eigenvalue weighted by Gasteiger charge is 2.28. The van der Waals surface area contributed by atoms with E-state index in [1.165, 1.54) is 0 Å². The molecule has 1 atom stereocenters. The van der Waals surface area contributed by atoms with E-state index in [-0.39, 0.29) is 30.4 Å². The number of aryl methyl sites for hydroxylation is 1. The topological polar surface area (TPSA) is 76.5 Å². The van der Waals surface area contributed by atoms with Gasteiger partial charge in [0.2, 0.25) is 11.8 Å². The second-order valence-corrected chi connectivity index (χ2v) is 6.65. The van der Waals surface area contributed by atoms with E-state index < -0.39 is 0 Å². The fourth-order valence-corrected chi connectivity index (χ4v) is 3.02. The van der Waals surface area contributed by atoms with Crippen LogP contribution >= 0.6 is 0 Å². The molecule has 140 valence electrons. The molecule has 1 N–H and O–H groups in total. The van der Waals surface area contributed by atoms with E-state index in [0.717, 1.165) is 17.9 Å². The highest BCUT2D eigenvalue weighted by Crippen LogP contribution is 2.22. The smallest absolute Gasteiger partial charge is 0.248 e. The number of ether oxygens (including phenoxy) is 1. The van der Waals surface area contributed by atoms with Crippen molar-refractivity contribution in [2.24, 2.45) is 5.92 Å². The average Bonchev–Trinajstić information content (AvgIpc) is 2.99. The summed E-state index contributed by atoms with van der Waals surface area (Å²) in [5.74, 6) is 0.705. The molecule has 1 fully saturated rings. The first kappa shape index (κ1) is 19.4. The van der Waals surface area contributed by atoms with Gasteiger partial charge in [0, 0.05) is 31.7 Å². The number of hydrogen-bond acceptors (Lipinski definition) is 4. The number of rotatable bonds is 7. The van der Waals surface area contributed by atoms with E-state index in [1.807, 2.05) is 24.6 Å². The van der Waals surface area contributed by atoms with Gasteiger partial charge in [-0.05, 0) is 40.0 Å². The summed E-state index contributed by atoms with van der Waals surface area (Å²) in [5, 5.41) is 7.51. The summed E-state index contributed by atoms with van der Waals surface area (Å²) in [7, 11) is 0. The zero-order valence-corrected chi connectivity index (χ0v) is 15.7. The number of hydrogen-bond donors (Lipinski definition) is 1. The first-order valence-electron chi connectivity index (χ1n) is 9.18. The van der Waals surface area contributed by atoms with Crippen molar-refractivity contribution in [2.45, 2.75) is 53.0 Å². The number of amides is 2. The molecule has 1 aliphatic rings. The van der Waals surface area contributed by atoms with Crippen molar-refractivity contribution in [2.75, 3.05) is 31.6 Å². The Labute approximate surface area is 149 Å². The monoisotopic (exact) mass is 350 g/mol. The van der Waals surface area contributed by atoms with Gasteiger partial charge in [-0.25, -0.2) is 4.68 Å². The van der Waals surface area contributed by atoms with Gasteiger partial charge in [0.05, 0.1) is 11.7 Å². The molecule has 1 aromatic rings. The van der Waals surface area contributed by atoms with Gasteiger partial charge in [0.15, 0.2) is 0 Å².